The summed E-state index contributed by atoms with van der Waals surface area (Å²) in [6.07, 6.45) is -6.25. The van der Waals surface area contributed by atoms with E-state index in [1.54, 1.807) is 64.1 Å². The van der Waals surface area contributed by atoms with Crippen molar-refractivity contribution in [1.29, 1.82) is 1.43 Å². The molecule has 1 aromatic carbocycles. The maximum Gasteiger partial charge on any atom is 0.408 e. The normalized spacial score (nSPS) is 35.1. The number of aliphatic hydroxyl groups excluding tert-OH is 1. The Bertz CT molecular complexity index is 2120. The van der Waals surface area contributed by atoms with Gasteiger partial charge < -0.3 is 58.5 Å². The van der Waals surface area contributed by atoms with E-state index >= 15 is 0 Å². The van der Waals surface area contributed by atoms with Gasteiger partial charge >= 0.3 is 18.0 Å². The van der Waals surface area contributed by atoms with Gasteiger partial charge in [0.25, 0.3) is 0 Å². The number of nitrogens with zero attached hydrogens (tertiary/aromatic N) is 2. The molecular weight excluding hydrogens is 1060 g/mol. The number of carbonyl (C=O) groups excluding carboxylic acids is 3. The summed E-state index contributed by atoms with van der Waals surface area (Å²) in [6.45, 7) is 15.4. The number of carbonyl (C=O) groups is 3. The number of alkyl carbamates (subject to hydrolysis) is 1. The number of rotatable bonds is 11. The molecule has 1 aromatic heterocycles. The molecular formula is C47H63AcN3O14. The topological polar surface area (TPSA) is 214 Å². The molecule has 4 heterocycles. The van der Waals surface area contributed by atoms with E-state index in [0.29, 0.717) is 62.6 Å². The Labute approximate surface area is 417 Å². The molecule has 2 bridgehead atoms. The predicted octanol–water partition coefficient (Wildman–Crippen LogP) is 3.63. The second-order valence-corrected chi connectivity index (χ2v) is 19.9. The number of nitrogens with one attached hydrogen (secondary N) is 1. The fourth-order valence-corrected chi connectivity index (χ4v) is 11.1. The minimum atomic E-state index is -2.06. The maximum absolute atomic E-state index is 14.7. The van der Waals surface area contributed by atoms with Gasteiger partial charge in [-0.2, -0.15) is 0 Å². The number of methoxy groups -OCH3 is 1. The summed E-state index contributed by atoms with van der Waals surface area (Å²) in [5.74, 6) is -2.36. The molecule has 3 aliphatic heterocycles. The Morgan fingerprint density at radius 3 is 2.38 bits per heavy atom. The van der Waals surface area contributed by atoms with Gasteiger partial charge in [-0.05, 0) is 75.9 Å². The number of hydrogen-bond donors (Lipinski definition) is 4. The monoisotopic (exact) mass is 1120 g/mol. The average Bonchev–Trinajstić information content (AvgIpc) is 3.67. The van der Waals surface area contributed by atoms with Gasteiger partial charge in [0.15, 0.2) is 12.4 Å². The molecule has 17 nitrogen and oxygen atoms in total. The van der Waals surface area contributed by atoms with E-state index in [1.807, 2.05) is 20.8 Å². The molecule has 3 saturated heterocycles. The Morgan fingerprint density at radius 2 is 1.77 bits per heavy atom. The first-order valence-electron chi connectivity index (χ1n) is 22.6. The van der Waals surface area contributed by atoms with E-state index in [-0.39, 0.29) is 68.3 Å². The fourth-order valence-electron chi connectivity index (χ4n) is 11.1. The summed E-state index contributed by atoms with van der Waals surface area (Å²) in [5.41, 5.74) is -5.27. The summed E-state index contributed by atoms with van der Waals surface area (Å²) in [4.78, 5) is 48.9. The van der Waals surface area contributed by atoms with Crippen molar-refractivity contribution in [2.24, 2.45) is 16.7 Å². The minimum absolute atomic E-state index is 0. The van der Waals surface area contributed by atoms with Crippen LogP contribution in [0.2, 0.25) is 0 Å². The van der Waals surface area contributed by atoms with Crippen molar-refractivity contribution in [3.8, 4) is 5.75 Å². The number of benzene rings is 1. The van der Waals surface area contributed by atoms with Gasteiger partial charge in [-0.3, -0.25) is 9.88 Å². The van der Waals surface area contributed by atoms with Gasteiger partial charge in [-0.25, -0.2) is 14.4 Å². The third kappa shape index (κ3) is 9.27. The van der Waals surface area contributed by atoms with Crippen molar-refractivity contribution in [2.75, 3.05) is 46.6 Å². The Kier molecular flexibility index (Phi) is 14.2. The SMILES string of the molecule is [3H]O[C@@H](C(=O)O[C@H]1C[C@@]2(O)[C@@H](OC(=O)c3ccccc3)[C@H]3[C@@](C)(CC[C@H]4OC[C@]43O)[C@@H]3O[C@H](CN4CCOCC4)O[C@@H]3C(=C1C)C2(C)C)[C@@H](NC(=O)OC(C)(C)C)c1ccc(OC)cn1.[Ac]. The molecule has 4 N–H and O–H groups in total. The van der Waals surface area contributed by atoms with Gasteiger partial charge in [0, 0.05) is 86.9 Å². The zero-order valence-corrected chi connectivity index (χ0v) is 43.2. The first-order valence-corrected chi connectivity index (χ1v) is 22.2. The van der Waals surface area contributed by atoms with E-state index in [1.165, 1.54) is 19.4 Å². The molecule has 353 valence electrons. The van der Waals surface area contributed by atoms with Crippen LogP contribution in [0.25, 0.3) is 0 Å². The quantitative estimate of drug-likeness (QED) is 0.144. The van der Waals surface area contributed by atoms with E-state index < -0.39 is 101 Å². The largest absolute Gasteiger partial charge is 0.495 e. The van der Waals surface area contributed by atoms with Gasteiger partial charge in [0.05, 0.1) is 56.6 Å². The number of esters is 2. The van der Waals surface area contributed by atoms with E-state index in [2.05, 4.69) is 15.2 Å². The molecule has 3 aliphatic carbocycles. The molecule has 1 amide bonds. The molecule has 1 radical (unpaired) electrons. The van der Waals surface area contributed by atoms with Crippen molar-refractivity contribution in [1.82, 2.24) is 15.2 Å². The second kappa shape index (κ2) is 19.0. The smallest absolute Gasteiger partial charge is 0.408 e. The van der Waals surface area contributed by atoms with Crippen LogP contribution in [0.1, 0.15) is 89.8 Å². The first kappa shape index (κ1) is 48.7. The van der Waals surface area contributed by atoms with Gasteiger partial charge in [-0.1, -0.05) is 39.0 Å². The third-order valence-corrected chi connectivity index (χ3v) is 14.5. The second-order valence-electron chi connectivity index (χ2n) is 19.9. The van der Waals surface area contributed by atoms with Gasteiger partial charge in [0.1, 0.15) is 46.9 Å². The fraction of sp³-hybridized carbons (Fsp3) is 0.660. The molecule has 8 rings (SSSR count). The van der Waals surface area contributed by atoms with Crippen LogP contribution in [-0.4, -0.2) is 151 Å². The zero-order valence-electron chi connectivity index (χ0n) is 39.4. The molecule has 18 heteroatoms. The van der Waals surface area contributed by atoms with Crippen LogP contribution in [0.4, 0.5) is 4.79 Å². The summed E-state index contributed by atoms with van der Waals surface area (Å²) in [7, 11) is 1.46. The predicted molar refractivity (Wildman–Crippen MR) is 227 cm³/mol. The van der Waals surface area contributed by atoms with Crippen molar-refractivity contribution in [3.63, 3.8) is 0 Å². The molecule has 0 unspecified atom stereocenters. The first-order chi connectivity index (χ1) is 30.7. The maximum atomic E-state index is 14.7. The van der Waals surface area contributed by atoms with Crippen molar-refractivity contribution in [2.45, 2.75) is 133 Å². The number of pyridine rings is 1. The van der Waals surface area contributed by atoms with E-state index in [9.17, 15) is 24.6 Å². The van der Waals surface area contributed by atoms with Crippen molar-refractivity contribution >= 4 is 18.0 Å². The Hall–Kier alpha value is -2.76. The van der Waals surface area contributed by atoms with Gasteiger partial charge in [-0.15, -0.1) is 0 Å². The molecule has 12 atom stereocenters. The number of morpholine rings is 1. The average molecular weight is 1120 g/mol. The van der Waals surface area contributed by atoms with Crippen molar-refractivity contribution in [3.05, 3.63) is 71.1 Å². The summed E-state index contributed by atoms with van der Waals surface area (Å²) in [6, 6.07) is 10.1. The molecule has 2 saturated carbocycles. The minimum Gasteiger partial charge on any atom is -0.495 e. The van der Waals surface area contributed by atoms with E-state index in [0.717, 1.165) is 0 Å². The standard InChI is InChI=1S/C47H63N3O14.Ac/c1-26-30(60-41(53)35(51)34(49-42(54)64-43(2,3)4)29-15-14-28(57-8)23-48-29)22-47(56)39(63-40(52)27-12-10-9-11-13-27)37-45(7,17-16-31-46(37,55)25-59-31)38-36(33(26)44(47,5)6)61-32(62-38)24-50-18-20-58-21-19-50;/h9-15,23,30-32,34-39,51,55-56H,16-22,24-25H2,1-8H3,(H,49,54);/t30-,31+,32+,34-,35+,36+,37-,38+,39-,45+,46-,47+;/m0./s1/i51T;. The van der Waals surface area contributed by atoms with E-state index in [4.69, 9.17) is 44.4 Å². The van der Waals surface area contributed by atoms with Crippen LogP contribution in [0.3, 0.4) is 0 Å². The van der Waals surface area contributed by atoms with Crippen LogP contribution in [0, 0.1) is 60.8 Å². The molecule has 65 heavy (non-hydrogen) atoms. The summed E-state index contributed by atoms with van der Waals surface area (Å²) in [5, 5.41) is 34.4. The van der Waals surface area contributed by atoms with Crippen LogP contribution >= 0.6 is 0 Å². The summed E-state index contributed by atoms with van der Waals surface area (Å²) < 4.78 is 57.6. The van der Waals surface area contributed by atoms with Crippen LogP contribution < -0.4 is 10.1 Å². The van der Waals surface area contributed by atoms with Crippen LogP contribution in [0.15, 0.2) is 59.8 Å². The Morgan fingerprint density at radius 1 is 1.05 bits per heavy atom. The number of aromatic nitrogens is 1. The number of ether oxygens (including phenoxy) is 8. The molecule has 5 fully saturated rings. The zero-order chi connectivity index (χ0) is 46.7. The number of aliphatic hydroxyl groups is 3. The number of amides is 1. The summed E-state index contributed by atoms with van der Waals surface area (Å²) >= 11 is 0. The number of fused-ring (bicyclic) bond motifs is 8. The molecule has 0 spiro atoms. The number of hydrogen-bond acceptors (Lipinski definition) is 16. The molecule has 6 aliphatic rings. The van der Waals surface area contributed by atoms with Gasteiger partial charge in [0.2, 0.25) is 1.43 Å². The van der Waals surface area contributed by atoms with Crippen molar-refractivity contribution < 1.29 is 112 Å². The van der Waals surface area contributed by atoms with Crippen LogP contribution in [0.5, 0.6) is 5.75 Å². The molecule has 2 aromatic rings. The Balaban J connectivity index is 0.00000648. The van der Waals surface area contributed by atoms with Crippen LogP contribution in [-0.2, 0) is 38.0 Å². The third-order valence-electron chi connectivity index (χ3n) is 14.5.